The van der Waals surface area contributed by atoms with Crippen LogP contribution in [0, 0.1) is 12.8 Å². The molecule has 2 heterocycles. The standard InChI is InChI=1S/C13H20N2O2/c1-8(2)7-15-12(16)6-10(14)13(15)11-5-4-9(3)17-11/h4-5,8,10,13H,6-7,14H2,1-3H3. The summed E-state index contributed by atoms with van der Waals surface area (Å²) in [4.78, 5) is 13.8. The summed E-state index contributed by atoms with van der Waals surface area (Å²) in [7, 11) is 0. The SMILES string of the molecule is Cc1ccc(C2C(N)CC(=O)N2CC(C)C)o1. The van der Waals surface area contributed by atoms with Gasteiger partial charge in [0.25, 0.3) is 0 Å². The fourth-order valence-electron chi connectivity index (χ4n) is 2.40. The van der Waals surface area contributed by atoms with Crippen LogP contribution in [0.2, 0.25) is 0 Å². The summed E-state index contributed by atoms with van der Waals surface area (Å²) >= 11 is 0. The van der Waals surface area contributed by atoms with Gasteiger partial charge in [-0.2, -0.15) is 0 Å². The summed E-state index contributed by atoms with van der Waals surface area (Å²) in [6.07, 6.45) is 0.414. The lowest BCUT2D eigenvalue weighted by atomic mass is 10.1. The second-order valence-electron chi connectivity index (χ2n) is 5.20. The van der Waals surface area contributed by atoms with Crippen LogP contribution < -0.4 is 5.73 Å². The first-order valence-electron chi connectivity index (χ1n) is 6.10. The lowest BCUT2D eigenvalue weighted by molar-refractivity contribution is -0.129. The molecule has 2 rings (SSSR count). The minimum Gasteiger partial charge on any atom is -0.464 e. The van der Waals surface area contributed by atoms with Gasteiger partial charge in [0, 0.05) is 19.0 Å². The second kappa shape index (κ2) is 4.53. The van der Waals surface area contributed by atoms with E-state index in [4.69, 9.17) is 10.2 Å². The van der Waals surface area contributed by atoms with Crippen LogP contribution >= 0.6 is 0 Å². The molecule has 0 radical (unpaired) electrons. The molecule has 1 aromatic rings. The van der Waals surface area contributed by atoms with E-state index >= 15 is 0 Å². The van der Waals surface area contributed by atoms with Crippen molar-refractivity contribution in [1.29, 1.82) is 0 Å². The minimum atomic E-state index is -0.160. The zero-order chi connectivity index (χ0) is 12.6. The predicted molar refractivity (Wildman–Crippen MR) is 65.3 cm³/mol. The highest BCUT2D eigenvalue weighted by atomic mass is 16.3. The number of rotatable bonds is 3. The van der Waals surface area contributed by atoms with Gasteiger partial charge in [0.1, 0.15) is 17.6 Å². The van der Waals surface area contributed by atoms with E-state index in [1.54, 1.807) is 0 Å². The van der Waals surface area contributed by atoms with Crippen LogP contribution in [-0.4, -0.2) is 23.4 Å². The molecule has 0 aromatic carbocycles. The van der Waals surface area contributed by atoms with E-state index in [9.17, 15) is 4.79 Å². The summed E-state index contributed by atoms with van der Waals surface area (Å²) in [5.74, 6) is 2.23. The molecule has 4 heteroatoms. The second-order valence-corrected chi connectivity index (χ2v) is 5.20. The number of nitrogens with zero attached hydrogens (tertiary/aromatic N) is 1. The summed E-state index contributed by atoms with van der Waals surface area (Å²) in [6.45, 7) is 6.83. The van der Waals surface area contributed by atoms with Crippen molar-refractivity contribution >= 4 is 5.91 Å². The van der Waals surface area contributed by atoms with E-state index in [0.29, 0.717) is 12.3 Å². The first-order valence-corrected chi connectivity index (χ1v) is 6.10. The maximum atomic E-state index is 11.9. The summed E-state index contributed by atoms with van der Waals surface area (Å²) < 4.78 is 5.62. The van der Waals surface area contributed by atoms with Gasteiger partial charge in [-0.3, -0.25) is 4.79 Å². The van der Waals surface area contributed by atoms with Crippen LogP contribution in [0.15, 0.2) is 16.5 Å². The molecule has 94 valence electrons. The van der Waals surface area contributed by atoms with Gasteiger partial charge in [0.05, 0.1) is 0 Å². The molecule has 2 unspecified atom stereocenters. The van der Waals surface area contributed by atoms with E-state index in [1.165, 1.54) is 0 Å². The molecular formula is C13H20N2O2. The molecule has 17 heavy (non-hydrogen) atoms. The van der Waals surface area contributed by atoms with Crippen molar-refractivity contribution in [3.05, 3.63) is 23.7 Å². The lowest BCUT2D eigenvalue weighted by Crippen LogP contribution is -2.35. The van der Waals surface area contributed by atoms with Gasteiger partial charge in [-0.1, -0.05) is 13.8 Å². The fraction of sp³-hybridized carbons (Fsp3) is 0.615. The van der Waals surface area contributed by atoms with Crippen LogP contribution in [0.5, 0.6) is 0 Å². The molecule has 2 N–H and O–H groups in total. The molecule has 1 aliphatic rings. The number of carbonyl (C=O) groups is 1. The van der Waals surface area contributed by atoms with Crippen molar-refractivity contribution in [3.8, 4) is 0 Å². The van der Waals surface area contributed by atoms with E-state index in [0.717, 1.165) is 18.1 Å². The number of hydrogen-bond donors (Lipinski definition) is 1. The average Bonchev–Trinajstić information content (AvgIpc) is 2.72. The Labute approximate surface area is 102 Å². The van der Waals surface area contributed by atoms with Crippen LogP contribution in [0.3, 0.4) is 0 Å². The highest BCUT2D eigenvalue weighted by molar-refractivity contribution is 5.80. The minimum absolute atomic E-state index is 0.0985. The Morgan fingerprint density at radius 2 is 2.24 bits per heavy atom. The van der Waals surface area contributed by atoms with Crippen molar-refractivity contribution in [2.75, 3.05) is 6.54 Å². The van der Waals surface area contributed by atoms with Gasteiger partial charge in [-0.25, -0.2) is 0 Å². The number of furan rings is 1. The van der Waals surface area contributed by atoms with Crippen molar-refractivity contribution in [1.82, 2.24) is 4.90 Å². The number of amides is 1. The molecule has 0 spiro atoms. The van der Waals surface area contributed by atoms with Crippen LogP contribution in [0.4, 0.5) is 0 Å². The number of hydrogen-bond acceptors (Lipinski definition) is 3. The Kier molecular flexibility index (Phi) is 3.24. The predicted octanol–water partition coefficient (Wildman–Crippen LogP) is 1.84. The summed E-state index contributed by atoms with van der Waals surface area (Å²) in [6, 6.07) is 3.58. The topological polar surface area (TPSA) is 59.5 Å². The highest BCUT2D eigenvalue weighted by Gasteiger charge is 2.40. The Morgan fingerprint density at radius 3 is 2.76 bits per heavy atom. The van der Waals surface area contributed by atoms with Gasteiger partial charge in [0.15, 0.2) is 0 Å². The molecule has 1 fully saturated rings. The molecule has 1 amide bonds. The van der Waals surface area contributed by atoms with E-state index < -0.39 is 0 Å². The molecule has 2 atom stereocenters. The van der Waals surface area contributed by atoms with Gasteiger partial charge in [-0.15, -0.1) is 0 Å². The third-order valence-electron chi connectivity index (χ3n) is 3.09. The largest absolute Gasteiger partial charge is 0.464 e. The van der Waals surface area contributed by atoms with Crippen molar-refractivity contribution in [3.63, 3.8) is 0 Å². The third kappa shape index (κ3) is 2.36. The monoisotopic (exact) mass is 236 g/mol. The van der Waals surface area contributed by atoms with Crippen LogP contribution in [-0.2, 0) is 4.79 Å². The average molecular weight is 236 g/mol. The summed E-state index contributed by atoms with van der Waals surface area (Å²) in [5, 5.41) is 0. The smallest absolute Gasteiger partial charge is 0.224 e. The maximum Gasteiger partial charge on any atom is 0.224 e. The first-order chi connectivity index (χ1) is 7.99. The molecule has 0 aliphatic carbocycles. The third-order valence-corrected chi connectivity index (χ3v) is 3.09. The van der Waals surface area contributed by atoms with E-state index in [2.05, 4.69) is 13.8 Å². The Hall–Kier alpha value is -1.29. The van der Waals surface area contributed by atoms with E-state index in [1.807, 2.05) is 24.0 Å². The fourth-order valence-corrected chi connectivity index (χ4v) is 2.40. The quantitative estimate of drug-likeness (QED) is 0.871. The van der Waals surface area contributed by atoms with Crippen LogP contribution in [0.1, 0.15) is 37.8 Å². The van der Waals surface area contributed by atoms with Gasteiger partial charge < -0.3 is 15.1 Å². The Bertz CT molecular complexity index is 411. The number of likely N-dealkylation sites (tertiary alicyclic amines) is 1. The molecule has 0 bridgehead atoms. The zero-order valence-corrected chi connectivity index (χ0v) is 10.6. The van der Waals surface area contributed by atoms with Gasteiger partial charge in [0.2, 0.25) is 5.91 Å². The van der Waals surface area contributed by atoms with Gasteiger partial charge in [-0.05, 0) is 25.0 Å². The Balaban J connectivity index is 2.25. The molecular weight excluding hydrogens is 216 g/mol. The zero-order valence-electron chi connectivity index (χ0n) is 10.6. The summed E-state index contributed by atoms with van der Waals surface area (Å²) in [5.41, 5.74) is 6.05. The van der Waals surface area contributed by atoms with Crippen LogP contribution in [0.25, 0.3) is 0 Å². The van der Waals surface area contributed by atoms with Crippen molar-refractivity contribution in [2.24, 2.45) is 11.7 Å². The Morgan fingerprint density at radius 1 is 1.53 bits per heavy atom. The van der Waals surface area contributed by atoms with Gasteiger partial charge >= 0.3 is 0 Å². The molecule has 1 saturated heterocycles. The van der Waals surface area contributed by atoms with Crippen molar-refractivity contribution in [2.45, 2.75) is 39.3 Å². The molecule has 1 aliphatic heterocycles. The maximum absolute atomic E-state index is 11.9. The number of aryl methyl sites for hydroxylation is 1. The molecule has 1 aromatic heterocycles. The lowest BCUT2D eigenvalue weighted by Gasteiger charge is -2.26. The van der Waals surface area contributed by atoms with E-state index in [-0.39, 0.29) is 18.0 Å². The molecule has 0 saturated carbocycles. The molecule has 4 nitrogen and oxygen atoms in total. The van der Waals surface area contributed by atoms with Crippen molar-refractivity contribution < 1.29 is 9.21 Å². The number of nitrogens with two attached hydrogens (primary N) is 1. The highest BCUT2D eigenvalue weighted by Crippen LogP contribution is 2.33. The normalized spacial score (nSPS) is 25.0. The first kappa shape index (κ1) is 12.2. The number of carbonyl (C=O) groups excluding carboxylic acids is 1.